The molecule has 0 spiro atoms. The third-order valence-corrected chi connectivity index (χ3v) is 3.20. The maximum Gasteiger partial charge on any atom is 0.142 e. The van der Waals surface area contributed by atoms with Crippen LogP contribution in [0.5, 0.6) is 5.75 Å². The van der Waals surface area contributed by atoms with Crippen LogP contribution in [0.1, 0.15) is 5.56 Å². The molecule has 0 aliphatic rings. The number of methoxy groups -OCH3 is 1. The topological polar surface area (TPSA) is 60.2 Å². The molecular formula is C13H12BrN3OS. The Bertz CT molecular complexity index is 601. The molecule has 19 heavy (non-hydrogen) atoms. The minimum Gasteiger partial charge on any atom is -0.495 e. The van der Waals surface area contributed by atoms with Gasteiger partial charge in [0.05, 0.1) is 12.8 Å². The van der Waals surface area contributed by atoms with E-state index in [1.807, 2.05) is 30.3 Å². The van der Waals surface area contributed by atoms with Crippen molar-refractivity contribution in [2.75, 3.05) is 12.4 Å². The molecule has 0 saturated heterocycles. The summed E-state index contributed by atoms with van der Waals surface area (Å²) in [6, 6.07) is 9.34. The van der Waals surface area contributed by atoms with E-state index < -0.39 is 0 Å². The highest BCUT2D eigenvalue weighted by molar-refractivity contribution is 9.10. The van der Waals surface area contributed by atoms with Crippen LogP contribution in [0.4, 0.5) is 11.5 Å². The van der Waals surface area contributed by atoms with Crippen molar-refractivity contribution >= 4 is 44.6 Å². The van der Waals surface area contributed by atoms with Gasteiger partial charge in [0.2, 0.25) is 0 Å². The third kappa shape index (κ3) is 3.42. The number of ether oxygens (including phenoxy) is 1. The minimum atomic E-state index is 0.332. The lowest BCUT2D eigenvalue weighted by molar-refractivity contribution is 0.416. The van der Waals surface area contributed by atoms with Crippen LogP contribution in [0.15, 0.2) is 41.0 Å². The van der Waals surface area contributed by atoms with Gasteiger partial charge in [-0.2, -0.15) is 0 Å². The monoisotopic (exact) mass is 337 g/mol. The smallest absolute Gasteiger partial charge is 0.142 e. The van der Waals surface area contributed by atoms with Crippen molar-refractivity contribution in [1.29, 1.82) is 0 Å². The molecule has 0 unspecified atom stereocenters. The lowest BCUT2D eigenvalue weighted by Gasteiger charge is -2.11. The van der Waals surface area contributed by atoms with Crippen molar-refractivity contribution in [2.24, 2.45) is 5.73 Å². The van der Waals surface area contributed by atoms with E-state index >= 15 is 0 Å². The molecule has 2 aromatic rings. The van der Waals surface area contributed by atoms with Gasteiger partial charge in [0.15, 0.2) is 0 Å². The largest absolute Gasteiger partial charge is 0.495 e. The summed E-state index contributed by atoms with van der Waals surface area (Å²) in [7, 11) is 1.62. The molecule has 0 radical (unpaired) electrons. The maximum absolute atomic E-state index is 5.53. The van der Waals surface area contributed by atoms with Gasteiger partial charge in [-0.1, -0.05) is 28.1 Å². The highest BCUT2D eigenvalue weighted by Gasteiger charge is 2.05. The molecule has 0 saturated carbocycles. The second-order valence-electron chi connectivity index (χ2n) is 3.77. The SMILES string of the molecule is COc1ccc(Br)cc1Nc1ccc(C(N)=S)cn1. The Balaban J connectivity index is 2.25. The fraction of sp³-hybridized carbons (Fsp3) is 0.0769. The number of aromatic nitrogens is 1. The van der Waals surface area contributed by atoms with E-state index in [1.54, 1.807) is 13.3 Å². The number of pyridine rings is 1. The summed E-state index contributed by atoms with van der Waals surface area (Å²) < 4.78 is 6.24. The van der Waals surface area contributed by atoms with Crippen molar-refractivity contribution < 1.29 is 4.74 Å². The quantitative estimate of drug-likeness (QED) is 0.838. The van der Waals surface area contributed by atoms with Crippen LogP contribution in [0.2, 0.25) is 0 Å². The highest BCUT2D eigenvalue weighted by Crippen LogP contribution is 2.30. The van der Waals surface area contributed by atoms with Gasteiger partial charge in [0, 0.05) is 16.2 Å². The first-order valence-corrected chi connectivity index (χ1v) is 6.66. The normalized spacial score (nSPS) is 10.0. The maximum atomic E-state index is 5.53. The number of nitrogens with two attached hydrogens (primary N) is 1. The summed E-state index contributed by atoms with van der Waals surface area (Å²) in [5, 5.41) is 3.18. The zero-order chi connectivity index (χ0) is 13.8. The summed E-state index contributed by atoms with van der Waals surface area (Å²) in [4.78, 5) is 4.58. The van der Waals surface area contributed by atoms with Gasteiger partial charge in [-0.15, -0.1) is 0 Å². The standard InChI is InChI=1S/C13H12BrN3OS/c1-18-11-4-3-9(14)6-10(11)17-12-5-2-8(7-16-12)13(15)19/h2-7H,1H3,(H2,15,19)(H,16,17). The predicted molar refractivity (Wildman–Crippen MR) is 84.1 cm³/mol. The molecule has 1 aromatic heterocycles. The lowest BCUT2D eigenvalue weighted by Crippen LogP contribution is -2.09. The van der Waals surface area contributed by atoms with Gasteiger partial charge in [-0.3, -0.25) is 0 Å². The van der Waals surface area contributed by atoms with E-state index in [-0.39, 0.29) is 0 Å². The molecule has 0 aliphatic heterocycles. The van der Waals surface area contributed by atoms with Gasteiger partial charge in [0.1, 0.15) is 16.6 Å². The van der Waals surface area contributed by atoms with Crippen LogP contribution in [-0.2, 0) is 0 Å². The summed E-state index contributed by atoms with van der Waals surface area (Å²) in [6.07, 6.45) is 1.63. The van der Waals surface area contributed by atoms with Gasteiger partial charge in [0.25, 0.3) is 0 Å². The number of benzene rings is 1. The van der Waals surface area contributed by atoms with E-state index in [0.717, 1.165) is 21.5 Å². The van der Waals surface area contributed by atoms with Crippen LogP contribution >= 0.6 is 28.1 Å². The molecule has 0 fully saturated rings. The Morgan fingerprint density at radius 3 is 2.74 bits per heavy atom. The van der Waals surface area contributed by atoms with Crippen LogP contribution in [0.3, 0.4) is 0 Å². The Hall–Kier alpha value is -1.66. The number of hydrogen-bond donors (Lipinski definition) is 2. The Morgan fingerprint density at radius 1 is 1.37 bits per heavy atom. The lowest BCUT2D eigenvalue weighted by atomic mass is 10.2. The van der Waals surface area contributed by atoms with Gasteiger partial charge in [-0.05, 0) is 30.3 Å². The first-order chi connectivity index (χ1) is 9.10. The molecule has 98 valence electrons. The third-order valence-electron chi connectivity index (χ3n) is 2.47. The fourth-order valence-electron chi connectivity index (χ4n) is 1.53. The predicted octanol–water partition coefficient (Wildman–Crippen LogP) is 3.23. The van der Waals surface area contributed by atoms with Gasteiger partial charge < -0.3 is 15.8 Å². The molecule has 4 nitrogen and oxygen atoms in total. The Kier molecular flexibility index (Phi) is 4.34. The van der Waals surface area contributed by atoms with E-state index in [9.17, 15) is 0 Å². The molecule has 0 aliphatic carbocycles. The highest BCUT2D eigenvalue weighted by atomic mass is 79.9. The second kappa shape index (κ2) is 5.99. The van der Waals surface area contributed by atoms with Crippen molar-refractivity contribution in [2.45, 2.75) is 0 Å². The minimum absolute atomic E-state index is 0.332. The van der Waals surface area contributed by atoms with Crippen LogP contribution < -0.4 is 15.8 Å². The average molecular weight is 338 g/mol. The summed E-state index contributed by atoms with van der Waals surface area (Å²) in [6.45, 7) is 0. The molecule has 1 aromatic carbocycles. The number of nitrogens with zero attached hydrogens (tertiary/aromatic N) is 1. The van der Waals surface area contributed by atoms with E-state index in [2.05, 4.69) is 26.2 Å². The zero-order valence-corrected chi connectivity index (χ0v) is 12.6. The van der Waals surface area contributed by atoms with Crippen molar-refractivity contribution in [3.63, 3.8) is 0 Å². The van der Waals surface area contributed by atoms with Crippen molar-refractivity contribution in [1.82, 2.24) is 4.98 Å². The van der Waals surface area contributed by atoms with Crippen LogP contribution in [0.25, 0.3) is 0 Å². The molecule has 2 rings (SSSR count). The number of halogens is 1. The fourth-order valence-corrected chi connectivity index (χ4v) is 2.01. The Labute approximate surface area is 125 Å². The van der Waals surface area contributed by atoms with Gasteiger partial charge >= 0.3 is 0 Å². The molecule has 0 atom stereocenters. The summed E-state index contributed by atoms with van der Waals surface area (Å²) >= 11 is 8.30. The number of anilines is 2. The molecule has 0 bridgehead atoms. The zero-order valence-electron chi connectivity index (χ0n) is 10.2. The number of rotatable bonds is 4. The molecule has 0 amide bonds. The molecule has 6 heteroatoms. The first kappa shape index (κ1) is 13.8. The number of hydrogen-bond acceptors (Lipinski definition) is 4. The van der Waals surface area contributed by atoms with E-state index in [1.165, 1.54) is 0 Å². The molecule has 3 N–H and O–H groups in total. The first-order valence-electron chi connectivity index (χ1n) is 5.46. The van der Waals surface area contributed by atoms with Crippen molar-refractivity contribution in [3.05, 3.63) is 46.6 Å². The number of nitrogens with one attached hydrogen (secondary N) is 1. The molecule has 1 heterocycles. The summed E-state index contributed by atoms with van der Waals surface area (Å²) in [5.41, 5.74) is 7.09. The van der Waals surface area contributed by atoms with E-state index in [4.69, 9.17) is 22.7 Å². The van der Waals surface area contributed by atoms with E-state index in [0.29, 0.717) is 10.8 Å². The molecular weight excluding hydrogens is 326 g/mol. The summed E-state index contributed by atoms with van der Waals surface area (Å²) in [5.74, 6) is 1.43. The second-order valence-corrected chi connectivity index (χ2v) is 5.12. The van der Waals surface area contributed by atoms with Gasteiger partial charge in [-0.25, -0.2) is 4.98 Å². The number of thiocarbonyl (C=S) groups is 1. The van der Waals surface area contributed by atoms with Crippen molar-refractivity contribution in [3.8, 4) is 5.75 Å². The van der Waals surface area contributed by atoms with Crippen LogP contribution in [-0.4, -0.2) is 17.1 Å². The Morgan fingerprint density at radius 2 is 2.16 bits per heavy atom. The van der Waals surface area contributed by atoms with Crippen LogP contribution in [0, 0.1) is 0 Å². The average Bonchev–Trinajstić information content (AvgIpc) is 2.39.